The SMILES string of the molecule is C=C[Si](C)(C)CCCCCCOc1ccc(C(=O)Oc2ccc(OC)cc2)cc1. The molecule has 156 valence electrons. The summed E-state index contributed by atoms with van der Waals surface area (Å²) in [5.74, 6) is 1.57. The van der Waals surface area contributed by atoms with Gasteiger partial charge in [0.1, 0.15) is 17.2 Å². The number of carbonyl (C=O) groups excluding carboxylic acids is 1. The first-order chi connectivity index (χ1) is 13.9. The smallest absolute Gasteiger partial charge is 0.343 e. The van der Waals surface area contributed by atoms with Gasteiger partial charge in [-0.05, 0) is 55.0 Å². The molecule has 0 bridgehead atoms. The predicted octanol–water partition coefficient (Wildman–Crippen LogP) is 6.29. The highest BCUT2D eigenvalue weighted by molar-refractivity contribution is 6.82. The Hall–Kier alpha value is -2.53. The van der Waals surface area contributed by atoms with E-state index in [0.717, 1.165) is 12.2 Å². The summed E-state index contributed by atoms with van der Waals surface area (Å²) in [5, 5.41) is 0. The molecule has 0 amide bonds. The van der Waals surface area contributed by atoms with Crippen molar-refractivity contribution in [3.63, 3.8) is 0 Å². The van der Waals surface area contributed by atoms with Crippen LogP contribution in [0, 0.1) is 0 Å². The van der Waals surface area contributed by atoms with Gasteiger partial charge in [-0.15, -0.1) is 12.3 Å². The highest BCUT2D eigenvalue weighted by Crippen LogP contribution is 2.20. The minimum Gasteiger partial charge on any atom is -0.497 e. The van der Waals surface area contributed by atoms with Gasteiger partial charge in [0.25, 0.3) is 0 Å². The Balaban J connectivity index is 1.68. The molecular formula is C24H32O4Si. The van der Waals surface area contributed by atoms with Crippen molar-refractivity contribution in [2.45, 2.75) is 44.8 Å². The van der Waals surface area contributed by atoms with Gasteiger partial charge in [-0.1, -0.05) is 38.4 Å². The van der Waals surface area contributed by atoms with Crippen LogP contribution in [-0.2, 0) is 0 Å². The topological polar surface area (TPSA) is 44.8 Å². The van der Waals surface area contributed by atoms with E-state index >= 15 is 0 Å². The van der Waals surface area contributed by atoms with Crippen LogP contribution in [0.4, 0.5) is 0 Å². The standard InChI is InChI=1S/C24H32O4Si/c1-5-29(3,4)19-9-7-6-8-18-27-22-12-10-20(11-13-22)24(25)28-23-16-14-21(26-2)15-17-23/h5,10-17H,1,6-9,18-19H2,2-4H3. The molecule has 0 saturated heterocycles. The third kappa shape index (κ3) is 8.16. The van der Waals surface area contributed by atoms with Gasteiger partial charge in [-0.2, -0.15) is 0 Å². The molecule has 2 rings (SSSR count). The number of hydrogen-bond acceptors (Lipinski definition) is 4. The maximum Gasteiger partial charge on any atom is 0.343 e. The molecule has 0 aliphatic rings. The number of unbranched alkanes of at least 4 members (excludes halogenated alkanes) is 3. The molecule has 0 aliphatic carbocycles. The lowest BCUT2D eigenvalue weighted by Crippen LogP contribution is -2.21. The van der Waals surface area contributed by atoms with E-state index in [1.807, 2.05) is 12.1 Å². The third-order valence-electron chi connectivity index (χ3n) is 4.90. The van der Waals surface area contributed by atoms with Gasteiger partial charge in [-0.3, -0.25) is 0 Å². The van der Waals surface area contributed by atoms with Crippen LogP contribution in [0.1, 0.15) is 36.0 Å². The minimum atomic E-state index is -1.15. The van der Waals surface area contributed by atoms with Gasteiger partial charge in [-0.25, -0.2) is 4.79 Å². The molecule has 2 aromatic rings. The summed E-state index contributed by atoms with van der Waals surface area (Å²) in [6, 6.07) is 15.3. The average molecular weight is 413 g/mol. The lowest BCUT2D eigenvalue weighted by Gasteiger charge is -2.16. The van der Waals surface area contributed by atoms with Crippen LogP contribution in [0.25, 0.3) is 0 Å². The zero-order valence-electron chi connectivity index (χ0n) is 17.8. The lowest BCUT2D eigenvalue weighted by molar-refractivity contribution is 0.0734. The number of ether oxygens (including phenoxy) is 3. The van der Waals surface area contributed by atoms with Crippen molar-refractivity contribution in [1.29, 1.82) is 0 Å². The second kappa shape index (κ2) is 11.5. The van der Waals surface area contributed by atoms with E-state index in [1.54, 1.807) is 43.5 Å². The van der Waals surface area contributed by atoms with Gasteiger partial charge in [0, 0.05) is 0 Å². The zero-order chi connectivity index (χ0) is 21.1. The van der Waals surface area contributed by atoms with E-state index in [2.05, 4.69) is 25.4 Å². The highest BCUT2D eigenvalue weighted by Gasteiger charge is 2.14. The van der Waals surface area contributed by atoms with E-state index in [0.29, 0.717) is 23.7 Å². The fourth-order valence-corrected chi connectivity index (χ4v) is 4.19. The number of hydrogen-bond donors (Lipinski definition) is 0. The van der Waals surface area contributed by atoms with E-state index in [1.165, 1.54) is 25.3 Å². The predicted molar refractivity (Wildman–Crippen MR) is 121 cm³/mol. The molecule has 5 heteroatoms. The highest BCUT2D eigenvalue weighted by atomic mass is 28.3. The Morgan fingerprint density at radius 1 is 0.897 bits per heavy atom. The van der Waals surface area contributed by atoms with Gasteiger partial charge in [0.05, 0.1) is 27.4 Å². The minimum absolute atomic E-state index is 0.396. The number of esters is 1. The molecule has 0 radical (unpaired) electrons. The first-order valence-electron chi connectivity index (χ1n) is 10.2. The fraction of sp³-hybridized carbons (Fsp3) is 0.375. The quantitative estimate of drug-likeness (QED) is 0.178. The second-order valence-electron chi connectivity index (χ2n) is 7.79. The Morgan fingerprint density at radius 3 is 2.10 bits per heavy atom. The Morgan fingerprint density at radius 2 is 1.48 bits per heavy atom. The summed E-state index contributed by atoms with van der Waals surface area (Å²) in [4.78, 5) is 12.2. The normalized spacial score (nSPS) is 11.0. The molecule has 0 heterocycles. The van der Waals surface area contributed by atoms with Gasteiger partial charge >= 0.3 is 5.97 Å². The molecule has 0 fully saturated rings. The number of methoxy groups -OCH3 is 1. The first-order valence-corrected chi connectivity index (χ1v) is 13.4. The summed E-state index contributed by atoms with van der Waals surface area (Å²) < 4.78 is 16.2. The van der Waals surface area contributed by atoms with Crippen molar-refractivity contribution in [3.05, 3.63) is 66.4 Å². The molecule has 0 aliphatic heterocycles. The molecule has 0 spiro atoms. The molecule has 4 nitrogen and oxygen atoms in total. The fourth-order valence-electron chi connectivity index (χ4n) is 2.83. The summed E-state index contributed by atoms with van der Waals surface area (Å²) in [6.07, 6.45) is 4.73. The molecular weight excluding hydrogens is 380 g/mol. The Bertz CT molecular complexity index is 766. The van der Waals surface area contributed by atoms with Crippen LogP contribution in [0.5, 0.6) is 17.2 Å². The maximum atomic E-state index is 12.2. The zero-order valence-corrected chi connectivity index (χ0v) is 18.8. The van der Waals surface area contributed by atoms with Gasteiger partial charge < -0.3 is 14.2 Å². The summed E-state index contributed by atoms with van der Waals surface area (Å²) >= 11 is 0. The first kappa shape index (κ1) is 22.8. The molecule has 0 unspecified atom stereocenters. The number of benzene rings is 2. The van der Waals surface area contributed by atoms with Crippen LogP contribution < -0.4 is 14.2 Å². The van der Waals surface area contributed by atoms with E-state index in [4.69, 9.17) is 14.2 Å². The average Bonchev–Trinajstić information content (AvgIpc) is 2.74. The lowest BCUT2D eigenvalue weighted by atomic mass is 10.2. The summed E-state index contributed by atoms with van der Waals surface area (Å²) in [5.41, 5.74) is 2.66. The van der Waals surface area contributed by atoms with E-state index in [-0.39, 0.29) is 0 Å². The maximum absolute atomic E-state index is 12.2. The third-order valence-corrected chi connectivity index (χ3v) is 7.64. The van der Waals surface area contributed by atoms with Crippen LogP contribution in [0.2, 0.25) is 19.1 Å². The summed E-state index contributed by atoms with van der Waals surface area (Å²) in [6.45, 7) is 9.36. The molecule has 29 heavy (non-hydrogen) atoms. The Labute approximate surface area is 175 Å². The van der Waals surface area contributed by atoms with E-state index < -0.39 is 14.0 Å². The van der Waals surface area contributed by atoms with Gasteiger partial charge in [0.2, 0.25) is 0 Å². The van der Waals surface area contributed by atoms with E-state index in [9.17, 15) is 4.79 Å². The molecule has 0 aromatic heterocycles. The molecule has 0 N–H and O–H groups in total. The van der Waals surface area contributed by atoms with Crippen LogP contribution in [0.15, 0.2) is 60.8 Å². The second-order valence-corrected chi connectivity index (χ2v) is 12.7. The van der Waals surface area contributed by atoms with Crippen molar-refractivity contribution >= 4 is 14.0 Å². The molecule has 0 atom stereocenters. The van der Waals surface area contributed by atoms with Crippen molar-refractivity contribution in [3.8, 4) is 17.2 Å². The largest absolute Gasteiger partial charge is 0.497 e. The van der Waals surface area contributed by atoms with Crippen LogP contribution in [0.3, 0.4) is 0 Å². The van der Waals surface area contributed by atoms with Crippen molar-refractivity contribution in [2.75, 3.05) is 13.7 Å². The van der Waals surface area contributed by atoms with Crippen molar-refractivity contribution < 1.29 is 19.0 Å². The number of carbonyl (C=O) groups is 1. The monoisotopic (exact) mass is 412 g/mol. The Kier molecular flexibility index (Phi) is 8.99. The van der Waals surface area contributed by atoms with Crippen molar-refractivity contribution in [1.82, 2.24) is 0 Å². The molecule has 2 aromatic carbocycles. The van der Waals surface area contributed by atoms with Gasteiger partial charge in [0.15, 0.2) is 0 Å². The van der Waals surface area contributed by atoms with Crippen molar-refractivity contribution in [2.24, 2.45) is 0 Å². The van der Waals surface area contributed by atoms with Crippen LogP contribution in [-0.4, -0.2) is 27.8 Å². The molecule has 0 saturated carbocycles. The van der Waals surface area contributed by atoms with Crippen LogP contribution >= 0.6 is 0 Å². The summed E-state index contributed by atoms with van der Waals surface area (Å²) in [7, 11) is 0.441. The number of rotatable bonds is 12.